The van der Waals surface area contributed by atoms with Crippen molar-refractivity contribution in [3.63, 3.8) is 0 Å². The van der Waals surface area contributed by atoms with E-state index in [1.807, 2.05) is 6.07 Å². The van der Waals surface area contributed by atoms with Gasteiger partial charge in [-0.25, -0.2) is 9.18 Å². The number of nitrogens with one attached hydrogen (secondary N) is 2. The van der Waals surface area contributed by atoms with Crippen molar-refractivity contribution in [3.8, 4) is 11.3 Å². The average molecular weight is 457 g/mol. The first-order valence-corrected chi connectivity index (χ1v) is 10.1. The maximum atomic E-state index is 14.0. The number of anilines is 1. The molecule has 168 valence electrons. The third kappa shape index (κ3) is 3.97. The van der Waals surface area contributed by atoms with Crippen LogP contribution in [0.25, 0.3) is 16.9 Å². The van der Waals surface area contributed by atoms with E-state index in [4.69, 9.17) is 0 Å². The Labute approximate surface area is 190 Å². The molecule has 0 saturated carbocycles. The zero-order valence-electron chi connectivity index (χ0n) is 17.5. The Hall–Kier alpha value is -4.93. The first-order chi connectivity index (χ1) is 16.5. The molecule has 3 heterocycles. The number of hydrogen-bond acceptors (Lipinski definition) is 6. The van der Waals surface area contributed by atoms with E-state index in [0.717, 1.165) is 10.8 Å². The minimum atomic E-state index is -0.833. The number of aromatic nitrogens is 6. The molecule has 5 rings (SSSR count). The number of hydrogen-bond donors (Lipinski definition) is 2. The Morgan fingerprint density at radius 2 is 1.91 bits per heavy atom. The number of H-pyrrole nitrogens is 1. The van der Waals surface area contributed by atoms with Crippen molar-refractivity contribution >= 4 is 17.2 Å². The summed E-state index contributed by atoms with van der Waals surface area (Å²) in [5.74, 6) is -1.28. The van der Waals surface area contributed by atoms with E-state index in [-0.39, 0.29) is 17.7 Å². The van der Waals surface area contributed by atoms with Crippen LogP contribution < -0.4 is 16.6 Å². The van der Waals surface area contributed by atoms with Crippen LogP contribution in [0.4, 0.5) is 10.1 Å². The zero-order chi connectivity index (χ0) is 23.7. The van der Waals surface area contributed by atoms with Crippen molar-refractivity contribution in [2.24, 2.45) is 0 Å². The van der Waals surface area contributed by atoms with Crippen LogP contribution in [0.3, 0.4) is 0 Å². The Bertz CT molecular complexity index is 1650. The maximum Gasteiger partial charge on any atom is 0.328 e. The molecule has 0 bridgehead atoms. The molecule has 0 saturated heterocycles. The molecule has 0 radical (unpaired) electrons. The largest absolute Gasteiger partial charge is 0.328 e. The molecule has 2 aromatic carbocycles. The molecular formula is C23H16FN7O3. The highest BCUT2D eigenvalue weighted by atomic mass is 19.1. The van der Waals surface area contributed by atoms with E-state index in [2.05, 4.69) is 25.6 Å². The lowest BCUT2D eigenvalue weighted by molar-refractivity contribution is 0.102. The highest BCUT2D eigenvalue weighted by Crippen LogP contribution is 2.21. The second-order valence-electron chi connectivity index (χ2n) is 7.38. The lowest BCUT2D eigenvalue weighted by atomic mass is 10.1. The Balaban J connectivity index is 1.42. The highest BCUT2D eigenvalue weighted by Gasteiger charge is 2.16. The van der Waals surface area contributed by atoms with Crippen LogP contribution in [0.2, 0.25) is 0 Å². The van der Waals surface area contributed by atoms with E-state index < -0.39 is 23.0 Å². The predicted octanol–water partition coefficient (Wildman–Crippen LogP) is 2.08. The minimum absolute atomic E-state index is 0.151. The summed E-state index contributed by atoms with van der Waals surface area (Å²) in [6, 6.07) is 16.2. The van der Waals surface area contributed by atoms with Crippen LogP contribution in [-0.4, -0.2) is 35.3 Å². The second-order valence-corrected chi connectivity index (χ2v) is 7.38. The summed E-state index contributed by atoms with van der Waals surface area (Å²) >= 11 is 0. The summed E-state index contributed by atoms with van der Waals surface area (Å²) < 4.78 is 16.3. The molecule has 2 N–H and O–H groups in total. The molecule has 11 heteroatoms. The van der Waals surface area contributed by atoms with Gasteiger partial charge >= 0.3 is 5.69 Å². The molecule has 34 heavy (non-hydrogen) atoms. The molecule has 10 nitrogen and oxygen atoms in total. The first kappa shape index (κ1) is 20.9. The van der Waals surface area contributed by atoms with Gasteiger partial charge in [-0.2, -0.15) is 9.61 Å². The van der Waals surface area contributed by atoms with Crippen LogP contribution in [-0.2, 0) is 6.54 Å². The summed E-state index contributed by atoms with van der Waals surface area (Å²) in [6.07, 6.45) is 2.52. The van der Waals surface area contributed by atoms with Crippen molar-refractivity contribution in [1.29, 1.82) is 0 Å². The molecule has 0 fully saturated rings. The van der Waals surface area contributed by atoms with E-state index >= 15 is 0 Å². The Morgan fingerprint density at radius 3 is 2.76 bits per heavy atom. The van der Waals surface area contributed by atoms with Gasteiger partial charge in [0.05, 0.1) is 12.2 Å². The summed E-state index contributed by atoms with van der Waals surface area (Å²) in [6.45, 7) is -0.311. The Morgan fingerprint density at radius 1 is 1.06 bits per heavy atom. The number of halogens is 1. The van der Waals surface area contributed by atoms with E-state index in [0.29, 0.717) is 22.6 Å². The molecule has 3 aromatic heterocycles. The molecule has 5 aromatic rings. The SMILES string of the molecule is O=C(Nc1cccc(-c2ccc3nncn3n2)c1)c1c[nH]c(=O)n(Cc2ccccc2F)c1=O. The van der Waals surface area contributed by atoms with Crippen molar-refractivity contribution in [2.75, 3.05) is 5.32 Å². The standard InChI is InChI=1S/C23H16FN7O3/c24-18-7-2-1-4-15(18)12-30-22(33)17(11-25-23(30)34)21(32)27-16-6-3-5-14(10-16)19-8-9-20-28-26-13-31(20)29-19/h1-11,13H,12H2,(H,25,34)(H,27,32). The zero-order valence-corrected chi connectivity index (χ0v) is 17.5. The number of nitrogens with zero attached hydrogens (tertiary/aromatic N) is 5. The quantitative estimate of drug-likeness (QED) is 0.416. The Kier molecular flexibility index (Phi) is 5.26. The summed E-state index contributed by atoms with van der Waals surface area (Å²) in [5.41, 5.74) is 0.634. The van der Waals surface area contributed by atoms with Crippen molar-refractivity contribution in [2.45, 2.75) is 6.54 Å². The van der Waals surface area contributed by atoms with Gasteiger partial charge in [0.2, 0.25) is 0 Å². The normalized spacial score (nSPS) is 11.0. The third-order valence-corrected chi connectivity index (χ3v) is 5.17. The smallest absolute Gasteiger partial charge is 0.322 e. The first-order valence-electron chi connectivity index (χ1n) is 10.1. The molecule has 0 spiro atoms. The second kappa shape index (κ2) is 8.54. The number of carbonyl (C=O) groups is 1. The van der Waals surface area contributed by atoms with Crippen LogP contribution in [0.1, 0.15) is 15.9 Å². The molecule has 0 unspecified atom stereocenters. The van der Waals surface area contributed by atoms with Crippen molar-refractivity contribution < 1.29 is 9.18 Å². The lowest BCUT2D eigenvalue weighted by Gasteiger charge is -2.10. The maximum absolute atomic E-state index is 14.0. The number of fused-ring (bicyclic) bond motifs is 1. The molecule has 0 aliphatic rings. The number of aromatic amines is 1. The van der Waals surface area contributed by atoms with E-state index in [1.54, 1.807) is 36.4 Å². The van der Waals surface area contributed by atoms with E-state index in [9.17, 15) is 18.8 Å². The van der Waals surface area contributed by atoms with Gasteiger partial charge in [0.15, 0.2) is 5.65 Å². The lowest BCUT2D eigenvalue weighted by Crippen LogP contribution is -2.39. The van der Waals surface area contributed by atoms with Crippen LogP contribution in [0, 0.1) is 5.82 Å². The molecule has 1 amide bonds. The minimum Gasteiger partial charge on any atom is -0.322 e. The summed E-state index contributed by atoms with van der Waals surface area (Å²) in [5, 5.41) is 14.8. The van der Waals surface area contributed by atoms with Gasteiger partial charge in [0, 0.05) is 23.0 Å². The van der Waals surface area contributed by atoms with Gasteiger partial charge in [0.1, 0.15) is 17.7 Å². The molecule has 0 aliphatic carbocycles. The molecule has 0 aliphatic heterocycles. The average Bonchev–Trinajstić information content (AvgIpc) is 3.31. The van der Waals surface area contributed by atoms with Gasteiger partial charge in [-0.05, 0) is 30.3 Å². The fourth-order valence-corrected chi connectivity index (χ4v) is 3.45. The number of carbonyl (C=O) groups excluding carboxylic acids is 1. The fraction of sp³-hybridized carbons (Fsp3) is 0.0435. The van der Waals surface area contributed by atoms with Gasteiger partial charge in [-0.15, -0.1) is 10.2 Å². The van der Waals surface area contributed by atoms with Crippen LogP contribution >= 0.6 is 0 Å². The molecule has 0 atom stereocenters. The summed E-state index contributed by atoms with van der Waals surface area (Å²) in [7, 11) is 0. The van der Waals surface area contributed by atoms with Crippen LogP contribution in [0.15, 0.2) is 82.8 Å². The number of amides is 1. The van der Waals surface area contributed by atoms with Crippen molar-refractivity contribution in [3.05, 3.63) is 111 Å². The van der Waals surface area contributed by atoms with Crippen molar-refractivity contribution in [1.82, 2.24) is 29.4 Å². The number of rotatable bonds is 5. The number of benzene rings is 2. The monoisotopic (exact) mass is 457 g/mol. The topological polar surface area (TPSA) is 127 Å². The fourth-order valence-electron chi connectivity index (χ4n) is 3.45. The summed E-state index contributed by atoms with van der Waals surface area (Å²) in [4.78, 5) is 40.3. The van der Waals surface area contributed by atoms with Gasteiger partial charge < -0.3 is 10.3 Å². The van der Waals surface area contributed by atoms with Gasteiger partial charge in [-0.3, -0.25) is 14.2 Å². The van der Waals surface area contributed by atoms with E-state index in [1.165, 1.54) is 29.0 Å². The predicted molar refractivity (Wildman–Crippen MR) is 121 cm³/mol. The van der Waals surface area contributed by atoms with Gasteiger partial charge in [-0.1, -0.05) is 30.3 Å². The van der Waals surface area contributed by atoms with Crippen LogP contribution in [0.5, 0.6) is 0 Å². The highest BCUT2D eigenvalue weighted by molar-refractivity contribution is 6.04. The molecular weight excluding hydrogens is 441 g/mol. The van der Waals surface area contributed by atoms with Gasteiger partial charge in [0.25, 0.3) is 11.5 Å². The third-order valence-electron chi connectivity index (χ3n) is 5.17.